The Morgan fingerprint density at radius 1 is 1.19 bits per heavy atom. The van der Waals surface area contributed by atoms with E-state index in [1.165, 1.54) is 12.1 Å². The van der Waals surface area contributed by atoms with Crippen LogP contribution in [0, 0.1) is 11.6 Å². The second-order valence-corrected chi connectivity index (χ2v) is 4.13. The Labute approximate surface area is 95.9 Å². The van der Waals surface area contributed by atoms with Gasteiger partial charge in [-0.15, -0.1) is 0 Å². The van der Waals surface area contributed by atoms with Crippen molar-refractivity contribution in [1.82, 2.24) is 5.32 Å². The van der Waals surface area contributed by atoms with Crippen LogP contribution >= 0.6 is 0 Å². The van der Waals surface area contributed by atoms with E-state index in [0.29, 0.717) is 6.04 Å². The summed E-state index contributed by atoms with van der Waals surface area (Å²) in [5.41, 5.74) is 0.737. The van der Waals surface area contributed by atoms with Crippen LogP contribution in [0.25, 0.3) is 0 Å². The summed E-state index contributed by atoms with van der Waals surface area (Å²) >= 11 is 0. The molecule has 0 aliphatic heterocycles. The van der Waals surface area contributed by atoms with Crippen molar-refractivity contribution in [2.24, 2.45) is 0 Å². The fraction of sp³-hybridized carbons (Fsp3) is 0.538. The Bertz CT molecular complexity index is 305. The Hall–Kier alpha value is -0.960. The maximum atomic E-state index is 12.9. The van der Waals surface area contributed by atoms with Crippen LogP contribution in [-0.4, -0.2) is 12.6 Å². The number of halogens is 2. The largest absolute Gasteiger partial charge is 0.315 e. The minimum Gasteiger partial charge on any atom is -0.315 e. The second kappa shape index (κ2) is 6.59. The highest BCUT2D eigenvalue weighted by Gasteiger charge is 2.03. The van der Waals surface area contributed by atoms with E-state index in [9.17, 15) is 8.78 Å². The van der Waals surface area contributed by atoms with Gasteiger partial charge in [-0.3, -0.25) is 0 Å². The summed E-state index contributed by atoms with van der Waals surface area (Å²) in [4.78, 5) is 0. The van der Waals surface area contributed by atoms with Crippen LogP contribution in [0.1, 0.15) is 32.3 Å². The van der Waals surface area contributed by atoms with Gasteiger partial charge in [0.15, 0.2) is 0 Å². The third-order valence-corrected chi connectivity index (χ3v) is 2.58. The first-order valence-corrected chi connectivity index (χ1v) is 5.80. The molecule has 90 valence electrons. The highest BCUT2D eigenvalue weighted by Crippen LogP contribution is 2.11. The van der Waals surface area contributed by atoms with Gasteiger partial charge in [-0.2, -0.15) is 0 Å². The highest BCUT2D eigenvalue weighted by molar-refractivity contribution is 5.17. The maximum absolute atomic E-state index is 12.9. The van der Waals surface area contributed by atoms with E-state index in [0.717, 1.165) is 37.4 Å². The van der Waals surface area contributed by atoms with Crippen molar-refractivity contribution < 1.29 is 8.78 Å². The van der Waals surface area contributed by atoms with E-state index in [1.807, 2.05) is 0 Å². The third kappa shape index (κ3) is 4.71. The van der Waals surface area contributed by atoms with Gasteiger partial charge in [0.05, 0.1) is 0 Å². The molecule has 1 aromatic rings. The Morgan fingerprint density at radius 3 is 2.38 bits per heavy atom. The summed E-state index contributed by atoms with van der Waals surface area (Å²) in [6.45, 7) is 5.14. The van der Waals surface area contributed by atoms with Crippen molar-refractivity contribution in [1.29, 1.82) is 0 Å². The first-order valence-electron chi connectivity index (χ1n) is 5.80. The SMILES string of the molecule is CCNC(C)CCCc1cc(F)cc(F)c1. The summed E-state index contributed by atoms with van der Waals surface area (Å²) in [5, 5.41) is 3.31. The Morgan fingerprint density at radius 2 is 1.81 bits per heavy atom. The molecule has 0 saturated carbocycles. The minimum absolute atomic E-state index is 0.461. The topological polar surface area (TPSA) is 12.0 Å². The predicted octanol–water partition coefficient (Wildman–Crippen LogP) is 3.29. The van der Waals surface area contributed by atoms with Crippen LogP contribution in [-0.2, 0) is 6.42 Å². The Kier molecular flexibility index (Phi) is 5.39. The lowest BCUT2D eigenvalue weighted by atomic mass is 10.1. The van der Waals surface area contributed by atoms with Crippen molar-refractivity contribution in [2.45, 2.75) is 39.2 Å². The van der Waals surface area contributed by atoms with E-state index >= 15 is 0 Å². The normalized spacial score (nSPS) is 12.8. The molecule has 1 atom stereocenters. The van der Waals surface area contributed by atoms with Crippen molar-refractivity contribution in [2.75, 3.05) is 6.54 Å². The van der Waals surface area contributed by atoms with Gasteiger partial charge in [0.1, 0.15) is 11.6 Å². The molecule has 1 rings (SSSR count). The van der Waals surface area contributed by atoms with Gasteiger partial charge in [-0.1, -0.05) is 6.92 Å². The molecule has 0 bridgehead atoms. The van der Waals surface area contributed by atoms with Crippen LogP contribution in [0.5, 0.6) is 0 Å². The molecule has 0 heterocycles. The van der Waals surface area contributed by atoms with Crippen LogP contribution in [0.4, 0.5) is 8.78 Å². The van der Waals surface area contributed by atoms with Crippen LogP contribution < -0.4 is 5.32 Å². The number of aryl methyl sites for hydroxylation is 1. The fourth-order valence-electron chi connectivity index (χ4n) is 1.82. The molecule has 0 aliphatic carbocycles. The number of hydrogen-bond donors (Lipinski definition) is 1. The van der Waals surface area contributed by atoms with Gasteiger partial charge < -0.3 is 5.32 Å². The molecule has 0 amide bonds. The van der Waals surface area contributed by atoms with Crippen molar-refractivity contribution in [3.8, 4) is 0 Å². The summed E-state index contributed by atoms with van der Waals surface area (Å²) in [5.74, 6) is -0.982. The Balaban J connectivity index is 2.37. The van der Waals surface area contributed by atoms with Crippen LogP contribution in [0.15, 0.2) is 18.2 Å². The van der Waals surface area contributed by atoms with Gasteiger partial charge in [0, 0.05) is 12.1 Å². The molecule has 0 aliphatic rings. The molecule has 0 saturated heterocycles. The quantitative estimate of drug-likeness (QED) is 0.786. The summed E-state index contributed by atoms with van der Waals surface area (Å²) < 4.78 is 25.8. The van der Waals surface area contributed by atoms with Crippen molar-refractivity contribution in [3.05, 3.63) is 35.4 Å². The zero-order valence-electron chi connectivity index (χ0n) is 9.89. The second-order valence-electron chi connectivity index (χ2n) is 4.13. The standard InChI is InChI=1S/C13H19F2N/c1-3-16-10(2)5-4-6-11-7-12(14)9-13(15)8-11/h7-10,16H,3-6H2,1-2H3. The molecule has 1 aromatic carbocycles. The molecule has 1 unspecified atom stereocenters. The van der Waals surface area contributed by atoms with E-state index in [-0.39, 0.29) is 0 Å². The first-order chi connectivity index (χ1) is 7.61. The zero-order valence-corrected chi connectivity index (χ0v) is 9.89. The van der Waals surface area contributed by atoms with Crippen LogP contribution in [0.3, 0.4) is 0 Å². The van der Waals surface area contributed by atoms with Gasteiger partial charge in [-0.05, 0) is 50.4 Å². The first kappa shape index (κ1) is 13.1. The summed E-state index contributed by atoms with van der Waals surface area (Å²) in [6.07, 6.45) is 2.69. The van der Waals surface area contributed by atoms with Gasteiger partial charge in [-0.25, -0.2) is 8.78 Å². The molecule has 3 heteroatoms. The number of rotatable bonds is 6. The van der Waals surface area contributed by atoms with Gasteiger partial charge in [0.2, 0.25) is 0 Å². The lowest BCUT2D eigenvalue weighted by molar-refractivity contribution is 0.511. The number of hydrogen-bond acceptors (Lipinski definition) is 1. The summed E-state index contributed by atoms with van der Waals surface area (Å²) in [7, 11) is 0. The molecule has 0 radical (unpaired) electrons. The molecule has 0 fully saturated rings. The van der Waals surface area contributed by atoms with E-state index < -0.39 is 11.6 Å². The molecule has 0 aromatic heterocycles. The zero-order chi connectivity index (χ0) is 12.0. The lowest BCUT2D eigenvalue weighted by Gasteiger charge is -2.11. The molecular formula is C13H19F2N. The van der Waals surface area contributed by atoms with Gasteiger partial charge in [0.25, 0.3) is 0 Å². The minimum atomic E-state index is -0.491. The molecule has 16 heavy (non-hydrogen) atoms. The van der Waals surface area contributed by atoms with E-state index in [4.69, 9.17) is 0 Å². The molecule has 1 N–H and O–H groups in total. The van der Waals surface area contributed by atoms with E-state index in [1.54, 1.807) is 0 Å². The lowest BCUT2D eigenvalue weighted by Crippen LogP contribution is -2.25. The van der Waals surface area contributed by atoms with Gasteiger partial charge >= 0.3 is 0 Å². The number of benzene rings is 1. The van der Waals surface area contributed by atoms with E-state index in [2.05, 4.69) is 19.2 Å². The predicted molar refractivity (Wildman–Crippen MR) is 62.4 cm³/mol. The molecular weight excluding hydrogens is 208 g/mol. The maximum Gasteiger partial charge on any atom is 0.126 e. The smallest absolute Gasteiger partial charge is 0.126 e. The molecule has 1 nitrogen and oxygen atoms in total. The van der Waals surface area contributed by atoms with Crippen molar-refractivity contribution >= 4 is 0 Å². The molecule has 0 spiro atoms. The van der Waals surface area contributed by atoms with Crippen molar-refractivity contribution in [3.63, 3.8) is 0 Å². The fourth-order valence-corrected chi connectivity index (χ4v) is 1.82. The van der Waals surface area contributed by atoms with Crippen LogP contribution in [0.2, 0.25) is 0 Å². The third-order valence-electron chi connectivity index (χ3n) is 2.58. The monoisotopic (exact) mass is 227 g/mol. The average molecular weight is 227 g/mol. The highest BCUT2D eigenvalue weighted by atomic mass is 19.1. The number of nitrogens with one attached hydrogen (secondary N) is 1. The average Bonchev–Trinajstić information content (AvgIpc) is 2.16. The summed E-state index contributed by atoms with van der Waals surface area (Å²) in [6, 6.07) is 4.18.